The van der Waals surface area contributed by atoms with Gasteiger partial charge in [0.1, 0.15) is 6.04 Å². The molecule has 1 aliphatic carbocycles. The van der Waals surface area contributed by atoms with E-state index in [2.05, 4.69) is 9.91 Å². The molecule has 4 nitrogen and oxygen atoms in total. The second kappa shape index (κ2) is 3.46. The maximum Gasteiger partial charge on any atom is 0.310 e. The molecule has 0 aromatic rings. The fourth-order valence-corrected chi connectivity index (χ4v) is 1.49. The number of hydrogen-bond acceptors (Lipinski definition) is 4. The van der Waals surface area contributed by atoms with E-state index >= 15 is 0 Å². The fourth-order valence-electron chi connectivity index (χ4n) is 1.49. The summed E-state index contributed by atoms with van der Waals surface area (Å²) < 4.78 is 4.53. The number of carbonyl (C=O) groups is 1. The SMILES string of the molecule is COC(=O)C1CCCC1N=O. The summed E-state index contributed by atoms with van der Waals surface area (Å²) in [5, 5.41) is 2.89. The largest absolute Gasteiger partial charge is 0.469 e. The highest BCUT2D eigenvalue weighted by Gasteiger charge is 2.34. The van der Waals surface area contributed by atoms with Crippen LogP contribution in [0, 0.1) is 10.8 Å². The first-order valence-corrected chi connectivity index (χ1v) is 3.70. The summed E-state index contributed by atoms with van der Waals surface area (Å²) in [4.78, 5) is 21.1. The van der Waals surface area contributed by atoms with Crippen LogP contribution in [-0.4, -0.2) is 19.1 Å². The van der Waals surface area contributed by atoms with Gasteiger partial charge in [0.2, 0.25) is 0 Å². The van der Waals surface area contributed by atoms with E-state index in [1.54, 1.807) is 0 Å². The van der Waals surface area contributed by atoms with E-state index in [-0.39, 0.29) is 17.9 Å². The lowest BCUT2D eigenvalue weighted by atomic mass is 10.1. The van der Waals surface area contributed by atoms with Gasteiger partial charge in [0.25, 0.3) is 0 Å². The highest BCUT2D eigenvalue weighted by atomic mass is 16.5. The molecule has 0 N–H and O–H groups in total. The van der Waals surface area contributed by atoms with Crippen LogP contribution in [0.5, 0.6) is 0 Å². The third-order valence-electron chi connectivity index (χ3n) is 2.12. The van der Waals surface area contributed by atoms with Crippen molar-refractivity contribution < 1.29 is 9.53 Å². The lowest BCUT2D eigenvalue weighted by Gasteiger charge is -2.08. The maximum atomic E-state index is 11.0. The van der Waals surface area contributed by atoms with Crippen molar-refractivity contribution in [1.82, 2.24) is 0 Å². The molecular weight excluding hydrogens is 146 g/mol. The van der Waals surface area contributed by atoms with Crippen LogP contribution >= 0.6 is 0 Å². The van der Waals surface area contributed by atoms with Crippen LogP contribution in [0.1, 0.15) is 19.3 Å². The summed E-state index contributed by atoms with van der Waals surface area (Å²) in [5.74, 6) is -0.579. The summed E-state index contributed by atoms with van der Waals surface area (Å²) in [6, 6.07) is -0.345. The number of nitroso groups, excluding NO2 is 1. The molecule has 0 amide bonds. The summed E-state index contributed by atoms with van der Waals surface area (Å²) in [6.07, 6.45) is 2.36. The van der Waals surface area contributed by atoms with Gasteiger partial charge in [-0.2, -0.15) is 4.91 Å². The first kappa shape index (κ1) is 8.17. The molecule has 0 heterocycles. The number of hydrogen-bond donors (Lipinski definition) is 0. The van der Waals surface area contributed by atoms with Crippen molar-refractivity contribution >= 4 is 5.97 Å². The van der Waals surface area contributed by atoms with Crippen LogP contribution in [0.2, 0.25) is 0 Å². The molecule has 0 radical (unpaired) electrons. The predicted molar refractivity (Wildman–Crippen MR) is 38.9 cm³/mol. The van der Waals surface area contributed by atoms with Crippen LogP contribution in [0.15, 0.2) is 5.18 Å². The van der Waals surface area contributed by atoms with Crippen molar-refractivity contribution in [3.8, 4) is 0 Å². The third kappa shape index (κ3) is 1.56. The van der Waals surface area contributed by atoms with Crippen molar-refractivity contribution in [3.63, 3.8) is 0 Å². The molecule has 2 unspecified atom stereocenters. The highest BCUT2D eigenvalue weighted by Crippen LogP contribution is 2.28. The average molecular weight is 157 g/mol. The lowest BCUT2D eigenvalue weighted by Crippen LogP contribution is -2.22. The highest BCUT2D eigenvalue weighted by molar-refractivity contribution is 5.73. The Kier molecular flexibility index (Phi) is 2.57. The Morgan fingerprint density at radius 2 is 2.27 bits per heavy atom. The monoisotopic (exact) mass is 157 g/mol. The fraction of sp³-hybridized carbons (Fsp3) is 0.857. The van der Waals surface area contributed by atoms with Crippen molar-refractivity contribution in [2.75, 3.05) is 7.11 Å². The van der Waals surface area contributed by atoms with E-state index in [4.69, 9.17) is 0 Å². The summed E-state index contributed by atoms with van der Waals surface area (Å²) >= 11 is 0. The van der Waals surface area contributed by atoms with Crippen LogP contribution in [0.3, 0.4) is 0 Å². The summed E-state index contributed by atoms with van der Waals surface area (Å²) in [7, 11) is 1.34. The van der Waals surface area contributed by atoms with Gasteiger partial charge < -0.3 is 4.74 Å². The molecule has 0 spiro atoms. The minimum absolute atomic E-state index is 0.280. The second-order valence-electron chi connectivity index (χ2n) is 2.73. The van der Waals surface area contributed by atoms with Crippen molar-refractivity contribution in [2.24, 2.45) is 11.1 Å². The molecule has 0 aliphatic heterocycles. The topological polar surface area (TPSA) is 55.7 Å². The molecule has 0 bridgehead atoms. The maximum absolute atomic E-state index is 11.0. The number of methoxy groups -OCH3 is 1. The normalized spacial score (nSPS) is 29.9. The van der Waals surface area contributed by atoms with Crippen LogP contribution in [0.4, 0.5) is 0 Å². The standard InChI is InChI=1S/C7H11NO3/c1-11-7(9)5-3-2-4-6(5)8-10/h5-6H,2-4H2,1H3. The van der Waals surface area contributed by atoms with Crippen molar-refractivity contribution in [2.45, 2.75) is 25.3 Å². The van der Waals surface area contributed by atoms with Crippen LogP contribution in [-0.2, 0) is 9.53 Å². The van der Waals surface area contributed by atoms with E-state index in [1.807, 2.05) is 0 Å². The summed E-state index contributed by atoms with van der Waals surface area (Å²) in [5.41, 5.74) is 0. The number of carbonyl (C=O) groups excluding carboxylic acids is 1. The molecule has 1 rings (SSSR count). The molecule has 0 saturated heterocycles. The van der Waals surface area contributed by atoms with Gasteiger partial charge in [0.05, 0.1) is 13.0 Å². The molecule has 0 aromatic heterocycles. The van der Waals surface area contributed by atoms with Crippen molar-refractivity contribution in [3.05, 3.63) is 4.91 Å². The first-order chi connectivity index (χ1) is 5.29. The number of esters is 1. The zero-order chi connectivity index (χ0) is 8.27. The molecule has 11 heavy (non-hydrogen) atoms. The van der Waals surface area contributed by atoms with E-state index in [1.165, 1.54) is 7.11 Å². The molecular formula is C7H11NO3. The van der Waals surface area contributed by atoms with Gasteiger partial charge in [-0.3, -0.25) is 4.79 Å². The van der Waals surface area contributed by atoms with Gasteiger partial charge in [-0.05, 0) is 12.8 Å². The molecule has 4 heteroatoms. The summed E-state index contributed by atoms with van der Waals surface area (Å²) in [6.45, 7) is 0. The molecule has 1 fully saturated rings. The van der Waals surface area contributed by atoms with E-state index < -0.39 is 0 Å². The van der Waals surface area contributed by atoms with Gasteiger partial charge >= 0.3 is 5.97 Å². The second-order valence-corrected chi connectivity index (χ2v) is 2.73. The Labute approximate surface area is 64.9 Å². The lowest BCUT2D eigenvalue weighted by molar-refractivity contribution is -0.145. The Bertz CT molecular complexity index is 169. The Balaban J connectivity index is 2.56. The van der Waals surface area contributed by atoms with Gasteiger partial charge in [0, 0.05) is 0 Å². The molecule has 2 atom stereocenters. The van der Waals surface area contributed by atoms with Crippen LogP contribution in [0.25, 0.3) is 0 Å². The van der Waals surface area contributed by atoms with Crippen molar-refractivity contribution in [1.29, 1.82) is 0 Å². The number of nitrogens with zero attached hydrogens (tertiary/aromatic N) is 1. The van der Waals surface area contributed by atoms with E-state index in [0.717, 1.165) is 19.3 Å². The van der Waals surface area contributed by atoms with Gasteiger partial charge in [0.15, 0.2) is 0 Å². The van der Waals surface area contributed by atoms with Gasteiger partial charge in [-0.25, -0.2) is 0 Å². The molecule has 1 saturated carbocycles. The Morgan fingerprint density at radius 1 is 1.55 bits per heavy atom. The van der Waals surface area contributed by atoms with E-state index in [0.29, 0.717) is 0 Å². The Morgan fingerprint density at radius 3 is 2.82 bits per heavy atom. The zero-order valence-corrected chi connectivity index (χ0v) is 6.45. The Hall–Kier alpha value is -0.930. The van der Waals surface area contributed by atoms with Gasteiger partial charge in [-0.15, -0.1) is 0 Å². The minimum Gasteiger partial charge on any atom is -0.469 e. The predicted octanol–water partition coefficient (Wildman–Crippen LogP) is 1.09. The third-order valence-corrected chi connectivity index (χ3v) is 2.12. The quantitative estimate of drug-likeness (QED) is 0.445. The van der Waals surface area contributed by atoms with E-state index in [9.17, 15) is 9.70 Å². The molecule has 62 valence electrons. The molecule has 1 aliphatic rings. The zero-order valence-electron chi connectivity index (χ0n) is 6.45. The molecule has 0 aromatic carbocycles. The minimum atomic E-state index is -0.345. The van der Waals surface area contributed by atoms with Gasteiger partial charge in [-0.1, -0.05) is 11.6 Å². The number of rotatable bonds is 2. The number of ether oxygens (including phenoxy) is 1. The van der Waals surface area contributed by atoms with Crippen LogP contribution < -0.4 is 0 Å². The average Bonchev–Trinajstić information content (AvgIpc) is 2.50. The first-order valence-electron chi connectivity index (χ1n) is 3.70. The smallest absolute Gasteiger partial charge is 0.310 e.